The molecule has 0 spiro atoms. The second kappa shape index (κ2) is 7.41. The molecule has 0 unspecified atom stereocenters. The van der Waals surface area contributed by atoms with Gasteiger partial charge < -0.3 is 10.1 Å². The number of carbonyl (C=O) groups excluding carboxylic acids is 3. The van der Waals surface area contributed by atoms with E-state index in [1.54, 1.807) is 66.7 Å². The van der Waals surface area contributed by atoms with Gasteiger partial charge in [0, 0.05) is 17.6 Å². The van der Waals surface area contributed by atoms with Gasteiger partial charge in [-0.05, 0) is 66.7 Å². The van der Waals surface area contributed by atoms with Gasteiger partial charge in [-0.25, -0.2) is 4.90 Å². The fraction of sp³-hybridized carbons (Fsp3) is 0.0455. The predicted molar refractivity (Wildman–Crippen MR) is 110 cm³/mol. The Morgan fingerprint density at radius 1 is 0.862 bits per heavy atom. The molecule has 4 rings (SSSR count). The van der Waals surface area contributed by atoms with Crippen LogP contribution in [0.5, 0.6) is 11.5 Å². The minimum absolute atomic E-state index is 0.202. The lowest BCUT2D eigenvalue weighted by molar-refractivity contribution is -0.114. The number of rotatable bonds is 4. The maximum atomic E-state index is 12.9. The number of hydrogen-bond acceptors (Lipinski definition) is 4. The first kappa shape index (κ1) is 18.7. The number of fused-ring (bicyclic) bond motifs is 1. The second-order valence-corrected chi connectivity index (χ2v) is 6.87. The number of benzene rings is 3. The highest BCUT2D eigenvalue weighted by molar-refractivity contribution is 6.34. The number of halogens is 1. The van der Waals surface area contributed by atoms with Gasteiger partial charge in [0.25, 0.3) is 11.8 Å². The first-order chi connectivity index (χ1) is 13.9. The molecule has 7 heteroatoms. The highest BCUT2D eigenvalue weighted by Crippen LogP contribution is 2.33. The lowest BCUT2D eigenvalue weighted by Gasteiger charge is -2.14. The molecule has 0 bridgehead atoms. The molecule has 1 N–H and O–H groups in total. The van der Waals surface area contributed by atoms with E-state index in [4.69, 9.17) is 16.3 Å². The number of nitrogens with zero attached hydrogens (tertiary/aromatic N) is 1. The number of imide groups is 1. The van der Waals surface area contributed by atoms with Crippen molar-refractivity contribution in [2.45, 2.75) is 6.92 Å². The maximum Gasteiger partial charge on any atom is 0.266 e. The van der Waals surface area contributed by atoms with Crippen LogP contribution in [0.3, 0.4) is 0 Å². The second-order valence-electron chi connectivity index (χ2n) is 6.44. The molecule has 0 atom stereocenters. The molecule has 144 valence electrons. The zero-order valence-corrected chi connectivity index (χ0v) is 16.1. The smallest absolute Gasteiger partial charge is 0.266 e. The topological polar surface area (TPSA) is 75.7 Å². The van der Waals surface area contributed by atoms with Crippen LogP contribution < -0.4 is 15.0 Å². The van der Waals surface area contributed by atoms with Crippen LogP contribution in [-0.2, 0) is 4.79 Å². The predicted octanol–water partition coefficient (Wildman–Crippen LogP) is 4.89. The van der Waals surface area contributed by atoms with Gasteiger partial charge in [-0.2, -0.15) is 0 Å². The number of nitrogens with one attached hydrogen (secondary N) is 1. The Labute approximate surface area is 171 Å². The van der Waals surface area contributed by atoms with E-state index < -0.39 is 11.8 Å². The van der Waals surface area contributed by atoms with Crippen LogP contribution in [0.15, 0.2) is 66.7 Å². The van der Waals surface area contributed by atoms with Gasteiger partial charge in [0.05, 0.1) is 16.8 Å². The minimum Gasteiger partial charge on any atom is -0.457 e. The van der Waals surface area contributed by atoms with E-state index in [-0.39, 0.29) is 11.5 Å². The van der Waals surface area contributed by atoms with Crippen molar-refractivity contribution < 1.29 is 19.1 Å². The summed E-state index contributed by atoms with van der Waals surface area (Å²) in [5, 5.41) is 3.23. The van der Waals surface area contributed by atoms with Crippen molar-refractivity contribution in [3.05, 3.63) is 82.9 Å². The molecule has 0 fully saturated rings. The van der Waals surface area contributed by atoms with Crippen LogP contribution in [0.4, 0.5) is 11.4 Å². The number of carbonyl (C=O) groups is 3. The summed E-state index contributed by atoms with van der Waals surface area (Å²) < 4.78 is 5.75. The third kappa shape index (κ3) is 3.70. The SMILES string of the molecule is CC(=O)Nc1ccc(N2C(=O)c3ccc(Oc4ccc(Cl)cc4)cc3C2=O)cc1. The van der Waals surface area contributed by atoms with Crippen LogP contribution in [0.2, 0.25) is 5.02 Å². The first-order valence-corrected chi connectivity index (χ1v) is 9.14. The average Bonchev–Trinajstić information content (AvgIpc) is 2.94. The molecule has 29 heavy (non-hydrogen) atoms. The zero-order chi connectivity index (χ0) is 20.5. The molecule has 0 aliphatic carbocycles. The van der Waals surface area contributed by atoms with Crippen molar-refractivity contribution in [1.29, 1.82) is 0 Å². The maximum absolute atomic E-state index is 12.9. The number of ether oxygens (including phenoxy) is 1. The Bertz CT molecular complexity index is 1120. The summed E-state index contributed by atoms with van der Waals surface area (Å²) >= 11 is 5.87. The number of amides is 3. The molecule has 3 amide bonds. The summed E-state index contributed by atoms with van der Waals surface area (Å²) in [6, 6.07) is 18.1. The molecular weight excluding hydrogens is 392 g/mol. The molecule has 0 saturated heterocycles. The lowest BCUT2D eigenvalue weighted by atomic mass is 10.1. The van der Waals surface area contributed by atoms with Crippen molar-refractivity contribution in [3.63, 3.8) is 0 Å². The summed E-state index contributed by atoms with van der Waals surface area (Å²) in [5.41, 5.74) is 1.58. The normalized spacial score (nSPS) is 12.7. The standard InChI is InChI=1S/C22H15ClN2O4/c1-13(26)24-15-4-6-16(7-5-15)25-21(27)19-11-10-18(12-20(19)22(25)28)29-17-8-2-14(23)3-9-17/h2-12H,1H3,(H,24,26). The van der Waals surface area contributed by atoms with E-state index in [1.807, 2.05) is 0 Å². The fourth-order valence-corrected chi connectivity index (χ4v) is 3.18. The van der Waals surface area contributed by atoms with E-state index in [0.717, 1.165) is 4.90 Å². The molecule has 1 aliphatic heterocycles. The zero-order valence-electron chi connectivity index (χ0n) is 15.3. The van der Waals surface area contributed by atoms with Crippen LogP contribution >= 0.6 is 11.6 Å². The third-order valence-corrected chi connectivity index (χ3v) is 4.61. The molecular formula is C22H15ClN2O4. The Balaban J connectivity index is 1.59. The molecule has 0 radical (unpaired) electrons. The minimum atomic E-state index is -0.432. The average molecular weight is 407 g/mol. The van der Waals surface area contributed by atoms with Crippen molar-refractivity contribution in [2.24, 2.45) is 0 Å². The molecule has 0 saturated carbocycles. The van der Waals surface area contributed by atoms with Crippen LogP contribution in [0.1, 0.15) is 27.6 Å². The Morgan fingerprint density at radius 2 is 1.48 bits per heavy atom. The monoisotopic (exact) mass is 406 g/mol. The molecule has 6 nitrogen and oxygen atoms in total. The highest BCUT2D eigenvalue weighted by atomic mass is 35.5. The molecule has 1 aliphatic rings. The van der Waals surface area contributed by atoms with E-state index in [9.17, 15) is 14.4 Å². The Morgan fingerprint density at radius 3 is 2.14 bits per heavy atom. The first-order valence-electron chi connectivity index (χ1n) is 8.76. The van der Waals surface area contributed by atoms with Gasteiger partial charge in [0.15, 0.2) is 0 Å². The van der Waals surface area contributed by atoms with Crippen LogP contribution in [-0.4, -0.2) is 17.7 Å². The van der Waals surface area contributed by atoms with Crippen molar-refractivity contribution in [1.82, 2.24) is 0 Å². The molecule has 3 aromatic carbocycles. The molecule has 0 aromatic heterocycles. The summed E-state index contributed by atoms with van der Waals surface area (Å²) in [6.07, 6.45) is 0. The van der Waals surface area contributed by atoms with Gasteiger partial charge in [-0.15, -0.1) is 0 Å². The Kier molecular flexibility index (Phi) is 4.78. The van der Waals surface area contributed by atoms with Crippen molar-refractivity contribution in [3.8, 4) is 11.5 Å². The van der Waals surface area contributed by atoms with Gasteiger partial charge in [0.2, 0.25) is 5.91 Å². The van der Waals surface area contributed by atoms with Crippen molar-refractivity contribution in [2.75, 3.05) is 10.2 Å². The number of hydrogen-bond donors (Lipinski definition) is 1. The van der Waals surface area contributed by atoms with Crippen molar-refractivity contribution >= 4 is 40.7 Å². The van der Waals surface area contributed by atoms with Gasteiger partial charge in [-0.1, -0.05) is 11.6 Å². The van der Waals surface area contributed by atoms with Gasteiger partial charge in [0.1, 0.15) is 11.5 Å². The summed E-state index contributed by atoms with van der Waals surface area (Å²) in [7, 11) is 0. The van der Waals surface area contributed by atoms with Gasteiger partial charge >= 0.3 is 0 Å². The molecule has 1 heterocycles. The molecule has 3 aromatic rings. The lowest BCUT2D eigenvalue weighted by Crippen LogP contribution is -2.29. The largest absolute Gasteiger partial charge is 0.457 e. The number of anilines is 2. The van der Waals surface area contributed by atoms with E-state index >= 15 is 0 Å². The van der Waals surface area contributed by atoms with E-state index in [1.165, 1.54) is 6.92 Å². The van der Waals surface area contributed by atoms with Crippen LogP contribution in [0, 0.1) is 0 Å². The summed E-state index contributed by atoms with van der Waals surface area (Å²) in [5.74, 6) is -0.0348. The highest BCUT2D eigenvalue weighted by Gasteiger charge is 2.37. The fourth-order valence-electron chi connectivity index (χ4n) is 3.05. The van der Waals surface area contributed by atoms with Gasteiger partial charge in [-0.3, -0.25) is 14.4 Å². The van der Waals surface area contributed by atoms with Crippen LogP contribution in [0.25, 0.3) is 0 Å². The van der Waals surface area contributed by atoms with E-state index in [2.05, 4.69) is 5.32 Å². The van der Waals surface area contributed by atoms with E-state index in [0.29, 0.717) is 33.5 Å². The quantitative estimate of drug-likeness (QED) is 0.626. The summed E-state index contributed by atoms with van der Waals surface area (Å²) in [6.45, 7) is 1.40. The Hall–Kier alpha value is -3.64. The third-order valence-electron chi connectivity index (χ3n) is 4.35. The summed E-state index contributed by atoms with van der Waals surface area (Å²) in [4.78, 5) is 37.9.